The van der Waals surface area contributed by atoms with Crippen LogP contribution in [0.3, 0.4) is 0 Å². The lowest BCUT2D eigenvalue weighted by Crippen LogP contribution is -2.29. The van der Waals surface area contributed by atoms with Crippen molar-refractivity contribution in [2.45, 2.75) is 44.4 Å². The van der Waals surface area contributed by atoms with Gasteiger partial charge in [-0.3, -0.25) is 4.99 Å². The first-order valence-electron chi connectivity index (χ1n) is 9.68. The number of nitrogens with two attached hydrogens (primary N) is 1. The van der Waals surface area contributed by atoms with Crippen LogP contribution >= 0.6 is 11.3 Å². The Morgan fingerprint density at radius 2 is 1.83 bits per heavy atom. The quantitative estimate of drug-likeness (QED) is 0.437. The number of ether oxygens (including phenoxy) is 1. The smallest absolute Gasteiger partial charge is 0.252 e. The fourth-order valence-corrected chi connectivity index (χ4v) is 5.64. The lowest BCUT2D eigenvalue weighted by atomic mass is 10.3. The number of nitrogens with one attached hydrogen (secondary N) is 1. The Labute approximate surface area is 177 Å². The fraction of sp³-hybridized carbons (Fsp3) is 0.450. The summed E-state index contributed by atoms with van der Waals surface area (Å²) in [6, 6.07) is 11.0. The van der Waals surface area contributed by atoms with Crippen molar-refractivity contribution < 1.29 is 13.2 Å². The molecule has 0 bridgehead atoms. The van der Waals surface area contributed by atoms with Crippen LogP contribution in [0.15, 0.2) is 45.6 Å². The van der Waals surface area contributed by atoms with E-state index in [1.54, 1.807) is 6.07 Å². The van der Waals surface area contributed by atoms with Crippen molar-refractivity contribution in [2.75, 3.05) is 25.0 Å². The summed E-state index contributed by atoms with van der Waals surface area (Å²) in [4.78, 5) is 5.28. The summed E-state index contributed by atoms with van der Waals surface area (Å²) < 4.78 is 32.5. The van der Waals surface area contributed by atoms with Gasteiger partial charge in [0.15, 0.2) is 5.96 Å². The van der Waals surface area contributed by atoms with Crippen LogP contribution in [0.1, 0.15) is 32.6 Å². The zero-order valence-electron chi connectivity index (χ0n) is 17.4. The number of nitrogens with zero attached hydrogens (tertiary/aromatic N) is 2. The van der Waals surface area contributed by atoms with E-state index in [0.717, 1.165) is 16.3 Å². The van der Waals surface area contributed by atoms with Gasteiger partial charge in [-0.05, 0) is 50.2 Å². The number of benzene rings is 1. The SMILES string of the molecule is CCN(CC)S(=O)(=O)c1ccc(CCN=C(N)Nc2ccc(OC(C)C)cc2)s1. The maximum atomic E-state index is 12.5. The Kier molecular flexibility index (Phi) is 8.48. The molecule has 1 aromatic carbocycles. The number of sulfonamides is 1. The minimum absolute atomic E-state index is 0.125. The number of aliphatic imine (C=N–C) groups is 1. The molecule has 0 spiro atoms. The van der Waals surface area contributed by atoms with Gasteiger partial charge in [0.05, 0.1) is 6.10 Å². The second-order valence-corrected chi connectivity index (χ2v) is 9.98. The van der Waals surface area contributed by atoms with Gasteiger partial charge in [-0.15, -0.1) is 11.3 Å². The molecule has 7 nitrogen and oxygen atoms in total. The van der Waals surface area contributed by atoms with Crippen LogP contribution in [0.2, 0.25) is 0 Å². The predicted molar refractivity (Wildman–Crippen MR) is 120 cm³/mol. The van der Waals surface area contributed by atoms with Gasteiger partial charge in [-0.2, -0.15) is 4.31 Å². The Bertz CT molecular complexity index is 902. The molecule has 0 saturated heterocycles. The predicted octanol–water partition coefficient (Wildman–Crippen LogP) is 3.54. The normalized spacial score (nSPS) is 12.6. The Morgan fingerprint density at radius 1 is 1.17 bits per heavy atom. The van der Waals surface area contributed by atoms with Crippen LogP contribution in [0.25, 0.3) is 0 Å². The van der Waals surface area contributed by atoms with Crippen LogP contribution < -0.4 is 15.8 Å². The van der Waals surface area contributed by atoms with Crippen molar-refractivity contribution in [1.29, 1.82) is 0 Å². The molecule has 2 aromatic rings. The first kappa shape index (κ1) is 23.2. The second kappa shape index (κ2) is 10.6. The molecule has 3 N–H and O–H groups in total. The molecule has 0 unspecified atom stereocenters. The third-order valence-electron chi connectivity index (χ3n) is 4.08. The molecule has 0 saturated carbocycles. The number of guanidine groups is 1. The maximum absolute atomic E-state index is 12.5. The van der Waals surface area contributed by atoms with E-state index in [-0.39, 0.29) is 6.10 Å². The average molecular weight is 439 g/mol. The summed E-state index contributed by atoms with van der Waals surface area (Å²) in [5.41, 5.74) is 6.77. The molecule has 1 aromatic heterocycles. The van der Waals surface area contributed by atoms with E-state index in [9.17, 15) is 8.42 Å². The first-order chi connectivity index (χ1) is 13.8. The van der Waals surface area contributed by atoms with Gasteiger partial charge in [-0.1, -0.05) is 13.8 Å². The number of hydrogen-bond acceptors (Lipinski definition) is 5. The van der Waals surface area contributed by atoms with E-state index in [1.807, 2.05) is 58.0 Å². The Morgan fingerprint density at radius 3 is 2.41 bits per heavy atom. The molecule has 2 rings (SSSR count). The van der Waals surface area contributed by atoms with Crippen molar-refractivity contribution in [1.82, 2.24) is 4.31 Å². The lowest BCUT2D eigenvalue weighted by Gasteiger charge is -2.16. The highest BCUT2D eigenvalue weighted by Gasteiger charge is 2.23. The molecule has 0 fully saturated rings. The fourth-order valence-electron chi connectivity index (χ4n) is 2.68. The van der Waals surface area contributed by atoms with Gasteiger partial charge in [0.25, 0.3) is 10.0 Å². The van der Waals surface area contributed by atoms with Crippen LogP contribution in [-0.4, -0.2) is 44.4 Å². The van der Waals surface area contributed by atoms with Gasteiger partial charge in [0.1, 0.15) is 9.96 Å². The summed E-state index contributed by atoms with van der Waals surface area (Å²) >= 11 is 1.29. The number of anilines is 1. The molecule has 1 heterocycles. The third kappa shape index (κ3) is 6.73. The molecule has 9 heteroatoms. The lowest BCUT2D eigenvalue weighted by molar-refractivity contribution is 0.242. The van der Waals surface area contributed by atoms with Gasteiger partial charge in [-0.25, -0.2) is 8.42 Å². The number of hydrogen-bond donors (Lipinski definition) is 2. The topological polar surface area (TPSA) is 97.0 Å². The van der Waals surface area contributed by atoms with E-state index in [4.69, 9.17) is 10.5 Å². The summed E-state index contributed by atoms with van der Waals surface area (Å²) in [6.45, 7) is 9.03. The molecule has 0 radical (unpaired) electrons. The van der Waals surface area contributed by atoms with Gasteiger partial charge in [0.2, 0.25) is 0 Å². The van der Waals surface area contributed by atoms with Crippen LogP contribution in [0, 0.1) is 0 Å². The van der Waals surface area contributed by atoms with Crippen molar-refractivity contribution >= 4 is 33.0 Å². The van der Waals surface area contributed by atoms with Crippen molar-refractivity contribution in [3.63, 3.8) is 0 Å². The zero-order chi connectivity index (χ0) is 21.4. The minimum Gasteiger partial charge on any atom is -0.491 e. The summed E-state index contributed by atoms with van der Waals surface area (Å²) in [7, 11) is -3.40. The standard InChI is InChI=1S/C20H30N4O3S2/c1-5-24(6-2)29(25,26)19-12-11-18(28-19)13-14-22-20(21)23-16-7-9-17(10-8-16)27-15(3)4/h7-12,15H,5-6,13-14H2,1-4H3,(H3,21,22,23). The van der Waals surface area contributed by atoms with Crippen molar-refractivity contribution in [2.24, 2.45) is 10.7 Å². The van der Waals surface area contributed by atoms with Gasteiger partial charge in [0, 0.05) is 36.6 Å². The highest BCUT2D eigenvalue weighted by Crippen LogP contribution is 2.25. The summed E-state index contributed by atoms with van der Waals surface area (Å²) in [5, 5.41) is 3.04. The van der Waals surface area contributed by atoms with Crippen LogP contribution in [-0.2, 0) is 16.4 Å². The molecule has 0 atom stereocenters. The van der Waals surface area contributed by atoms with E-state index in [2.05, 4.69) is 10.3 Å². The van der Waals surface area contributed by atoms with Crippen molar-refractivity contribution in [3.8, 4) is 5.75 Å². The molecule has 29 heavy (non-hydrogen) atoms. The van der Waals surface area contributed by atoms with E-state index in [0.29, 0.717) is 36.2 Å². The van der Waals surface area contributed by atoms with Crippen molar-refractivity contribution in [3.05, 3.63) is 41.3 Å². The molecule has 0 amide bonds. The Balaban J connectivity index is 1.90. The molecule has 0 aliphatic carbocycles. The molecular formula is C20H30N4O3S2. The molecule has 0 aliphatic heterocycles. The van der Waals surface area contributed by atoms with Crippen LogP contribution in [0.5, 0.6) is 5.75 Å². The highest BCUT2D eigenvalue weighted by molar-refractivity contribution is 7.91. The largest absolute Gasteiger partial charge is 0.491 e. The van der Waals surface area contributed by atoms with Crippen LogP contribution in [0.4, 0.5) is 5.69 Å². The number of thiophene rings is 1. The zero-order valence-corrected chi connectivity index (χ0v) is 19.0. The van der Waals surface area contributed by atoms with Gasteiger partial charge < -0.3 is 15.8 Å². The molecule has 160 valence electrons. The Hall–Kier alpha value is -2.10. The number of rotatable bonds is 10. The van der Waals surface area contributed by atoms with E-state index in [1.165, 1.54) is 15.6 Å². The average Bonchev–Trinajstić information content (AvgIpc) is 3.13. The minimum atomic E-state index is -3.40. The molecular weight excluding hydrogens is 408 g/mol. The summed E-state index contributed by atoms with van der Waals surface area (Å²) in [6.07, 6.45) is 0.752. The first-order valence-corrected chi connectivity index (χ1v) is 11.9. The third-order valence-corrected chi connectivity index (χ3v) is 7.74. The monoisotopic (exact) mass is 438 g/mol. The van der Waals surface area contributed by atoms with E-state index < -0.39 is 10.0 Å². The highest BCUT2D eigenvalue weighted by atomic mass is 32.2. The summed E-state index contributed by atoms with van der Waals surface area (Å²) in [5.74, 6) is 1.12. The second-order valence-electron chi connectivity index (χ2n) is 6.64. The van der Waals surface area contributed by atoms with E-state index >= 15 is 0 Å². The molecule has 0 aliphatic rings. The van der Waals surface area contributed by atoms with Gasteiger partial charge >= 0.3 is 0 Å². The maximum Gasteiger partial charge on any atom is 0.252 e.